The summed E-state index contributed by atoms with van der Waals surface area (Å²) in [6, 6.07) is 17.1. The third-order valence-electron chi connectivity index (χ3n) is 3.52. The number of carbonyl (C=O) groups is 2. The number of rotatable bonds is 6. The van der Waals surface area contributed by atoms with Gasteiger partial charge in [0.2, 0.25) is 11.8 Å². The van der Waals surface area contributed by atoms with Crippen LogP contribution in [0.3, 0.4) is 0 Å². The maximum Gasteiger partial charge on any atom is 0.224 e. The summed E-state index contributed by atoms with van der Waals surface area (Å²) in [4.78, 5) is 23.3. The van der Waals surface area contributed by atoms with Crippen LogP contribution in [-0.4, -0.2) is 11.8 Å². The summed E-state index contributed by atoms with van der Waals surface area (Å²) in [6.07, 6.45) is 0.500. The van der Waals surface area contributed by atoms with Crippen LogP contribution in [-0.2, 0) is 16.0 Å². The molecule has 3 N–H and O–H groups in total. The largest absolute Gasteiger partial charge is 0.369 e. The molecule has 0 saturated heterocycles. The molecule has 114 valence electrons. The average Bonchev–Trinajstić information content (AvgIpc) is 2.49. The molecule has 0 aliphatic rings. The Bertz CT molecular complexity index is 653. The van der Waals surface area contributed by atoms with E-state index in [1.165, 1.54) is 0 Å². The van der Waals surface area contributed by atoms with Gasteiger partial charge in [0.05, 0.1) is 6.42 Å². The van der Waals surface area contributed by atoms with E-state index in [0.29, 0.717) is 12.1 Å². The van der Waals surface area contributed by atoms with Gasteiger partial charge < -0.3 is 11.1 Å². The maximum atomic E-state index is 12.2. The van der Waals surface area contributed by atoms with Gasteiger partial charge in [-0.1, -0.05) is 55.5 Å². The van der Waals surface area contributed by atoms with Crippen molar-refractivity contribution in [3.05, 3.63) is 65.7 Å². The zero-order valence-corrected chi connectivity index (χ0v) is 12.6. The van der Waals surface area contributed by atoms with Crippen molar-refractivity contribution in [2.24, 2.45) is 5.73 Å². The molecule has 2 rings (SSSR count). The molecule has 0 bridgehead atoms. The quantitative estimate of drug-likeness (QED) is 0.860. The summed E-state index contributed by atoms with van der Waals surface area (Å²) in [6.45, 7) is 2.02. The van der Waals surface area contributed by atoms with Crippen LogP contribution < -0.4 is 11.1 Å². The molecule has 1 atom stereocenters. The van der Waals surface area contributed by atoms with Crippen LogP contribution in [0, 0.1) is 0 Å². The maximum absolute atomic E-state index is 12.2. The highest BCUT2D eigenvalue weighted by Gasteiger charge is 2.13. The lowest BCUT2D eigenvalue weighted by Gasteiger charge is -2.14. The van der Waals surface area contributed by atoms with Crippen molar-refractivity contribution in [1.82, 2.24) is 0 Å². The Kier molecular flexibility index (Phi) is 5.31. The van der Waals surface area contributed by atoms with E-state index in [1.807, 2.05) is 49.4 Å². The monoisotopic (exact) mass is 296 g/mol. The van der Waals surface area contributed by atoms with Gasteiger partial charge in [-0.25, -0.2) is 0 Å². The number of hydrogen-bond donors (Lipinski definition) is 2. The fourth-order valence-corrected chi connectivity index (χ4v) is 2.36. The Morgan fingerprint density at radius 3 is 2.36 bits per heavy atom. The molecule has 2 aromatic carbocycles. The molecule has 2 aromatic rings. The van der Waals surface area contributed by atoms with Gasteiger partial charge in [0.25, 0.3) is 0 Å². The molecule has 1 unspecified atom stereocenters. The molecule has 22 heavy (non-hydrogen) atoms. The summed E-state index contributed by atoms with van der Waals surface area (Å²) < 4.78 is 0. The molecule has 0 saturated carbocycles. The van der Waals surface area contributed by atoms with Crippen molar-refractivity contribution in [3.63, 3.8) is 0 Å². The Morgan fingerprint density at radius 1 is 1.05 bits per heavy atom. The molecular weight excluding hydrogens is 276 g/mol. The predicted octanol–water partition coefficient (Wildman–Crippen LogP) is 2.85. The lowest BCUT2D eigenvalue weighted by molar-refractivity contribution is -0.118. The van der Waals surface area contributed by atoms with Gasteiger partial charge in [-0.3, -0.25) is 9.59 Å². The van der Waals surface area contributed by atoms with Gasteiger partial charge in [0.15, 0.2) is 0 Å². The van der Waals surface area contributed by atoms with Crippen LogP contribution in [0.25, 0.3) is 0 Å². The molecule has 2 amide bonds. The van der Waals surface area contributed by atoms with Crippen LogP contribution in [0.1, 0.15) is 30.4 Å². The van der Waals surface area contributed by atoms with E-state index in [9.17, 15) is 9.59 Å². The summed E-state index contributed by atoms with van der Waals surface area (Å²) >= 11 is 0. The molecule has 0 spiro atoms. The first-order valence-corrected chi connectivity index (χ1v) is 7.27. The van der Waals surface area contributed by atoms with Crippen LogP contribution in [0.15, 0.2) is 54.6 Å². The lowest BCUT2D eigenvalue weighted by Crippen LogP contribution is -2.18. The number of nitrogens with two attached hydrogens (primary N) is 1. The van der Waals surface area contributed by atoms with Crippen molar-refractivity contribution in [2.45, 2.75) is 25.7 Å². The van der Waals surface area contributed by atoms with Crippen molar-refractivity contribution >= 4 is 17.5 Å². The Hall–Kier alpha value is -2.62. The number of para-hydroxylation sites is 1. The number of nitrogens with one attached hydrogen (secondary N) is 1. The number of amides is 2. The highest BCUT2D eigenvalue weighted by atomic mass is 16.2. The summed E-state index contributed by atoms with van der Waals surface area (Å²) in [5.41, 5.74) is 7.73. The third-order valence-corrected chi connectivity index (χ3v) is 3.52. The van der Waals surface area contributed by atoms with Gasteiger partial charge in [0, 0.05) is 12.1 Å². The molecule has 0 radical (unpaired) electrons. The van der Waals surface area contributed by atoms with E-state index >= 15 is 0 Å². The highest BCUT2D eigenvalue weighted by Crippen LogP contribution is 2.21. The Morgan fingerprint density at radius 2 is 1.68 bits per heavy atom. The highest BCUT2D eigenvalue weighted by molar-refractivity contribution is 5.93. The first-order chi connectivity index (χ1) is 10.6. The Labute approximate surface area is 130 Å². The normalized spacial score (nSPS) is 11.7. The smallest absolute Gasteiger partial charge is 0.224 e. The van der Waals surface area contributed by atoms with Gasteiger partial charge in [0.1, 0.15) is 0 Å². The lowest BCUT2D eigenvalue weighted by atomic mass is 9.97. The van der Waals surface area contributed by atoms with Crippen molar-refractivity contribution < 1.29 is 9.59 Å². The van der Waals surface area contributed by atoms with Crippen LogP contribution >= 0.6 is 0 Å². The van der Waals surface area contributed by atoms with Crippen molar-refractivity contribution in [3.8, 4) is 0 Å². The molecule has 4 nitrogen and oxygen atoms in total. The van der Waals surface area contributed by atoms with Crippen molar-refractivity contribution in [2.75, 3.05) is 5.32 Å². The van der Waals surface area contributed by atoms with E-state index in [-0.39, 0.29) is 18.2 Å². The standard InChI is InChI=1S/C18H20N2O2/c1-13(14-7-3-2-4-8-14)11-18(22)20-16-10-6-5-9-15(16)12-17(19)21/h2-10,13H,11-12H2,1H3,(H2,19,21)(H,20,22). The number of anilines is 1. The molecule has 0 aromatic heterocycles. The van der Waals surface area contributed by atoms with Gasteiger partial charge in [-0.15, -0.1) is 0 Å². The summed E-state index contributed by atoms with van der Waals surface area (Å²) in [5.74, 6) is -0.364. The fourth-order valence-electron chi connectivity index (χ4n) is 2.36. The molecule has 4 heteroatoms. The van der Waals surface area contributed by atoms with Crippen LogP contribution in [0.2, 0.25) is 0 Å². The third kappa shape index (κ3) is 4.45. The van der Waals surface area contributed by atoms with Crippen molar-refractivity contribution in [1.29, 1.82) is 0 Å². The van der Waals surface area contributed by atoms with E-state index in [2.05, 4.69) is 5.32 Å². The molecule has 0 aliphatic heterocycles. The predicted molar refractivity (Wildman–Crippen MR) is 87.4 cm³/mol. The SMILES string of the molecule is CC(CC(=O)Nc1ccccc1CC(N)=O)c1ccccc1. The second kappa shape index (κ2) is 7.41. The van der Waals surface area contributed by atoms with E-state index in [1.54, 1.807) is 12.1 Å². The molecule has 0 heterocycles. The topological polar surface area (TPSA) is 72.2 Å². The van der Waals surface area contributed by atoms with E-state index in [0.717, 1.165) is 11.1 Å². The summed E-state index contributed by atoms with van der Waals surface area (Å²) in [5, 5.41) is 2.87. The minimum Gasteiger partial charge on any atom is -0.369 e. The molecule has 0 aliphatic carbocycles. The second-order valence-electron chi connectivity index (χ2n) is 5.36. The minimum absolute atomic E-state index is 0.0757. The fraction of sp³-hybridized carbons (Fsp3) is 0.222. The zero-order valence-electron chi connectivity index (χ0n) is 12.6. The van der Waals surface area contributed by atoms with E-state index in [4.69, 9.17) is 5.73 Å². The molecular formula is C18H20N2O2. The second-order valence-corrected chi connectivity index (χ2v) is 5.36. The first-order valence-electron chi connectivity index (χ1n) is 7.27. The van der Waals surface area contributed by atoms with E-state index < -0.39 is 5.91 Å². The summed E-state index contributed by atoms with van der Waals surface area (Å²) in [7, 11) is 0. The van der Waals surface area contributed by atoms with Gasteiger partial charge in [-0.2, -0.15) is 0 Å². The number of hydrogen-bond acceptors (Lipinski definition) is 2. The van der Waals surface area contributed by atoms with Gasteiger partial charge in [-0.05, 0) is 23.1 Å². The van der Waals surface area contributed by atoms with Crippen LogP contribution in [0.5, 0.6) is 0 Å². The van der Waals surface area contributed by atoms with Gasteiger partial charge >= 0.3 is 0 Å². The number of carbonyl (C=O) groups excluding carboxylic acids is 2. The molecule has 0 fully saturated rings. The number of primary amides is 1. The average molecular weight is 296 g/mol. The number of benzene rings is 2. The Balaban J connectivity index is 2.02. The van der Waals surface area contributed by atoms with Crippen LogP contribution in [0.4, 0.5) is 5.69 Å². The zero-order chi connectivity index (χ0) is 15.9. The minimum atomic E-state index is -0.417. The first kappa shape index (κ1) is 15.8.